The third-order valence-corrected chi connectivity index (χ3v) is 5.35. The molecule has 0 fully saturated rings. The number of amides is 2. The molecule has 0 atom stereocenters. The fraction of sp³-hybridized carbons (Fsp3) is 0.208. The first kappa shape index (κ1) is 21.5. The van der Waals surface area contributed by atoms with E-state index in [0.29, 0.717) is 29.7 Å². The molecule has 1 aliphatic heterocycles. The number of hydrogen-bond acceptors (Lipinski definition) is 3. The Balaban J connectivity index is 1.68. The van der Waals surface area contributed by atoms with Crippen LogP contribution in [0.5, 0.6) is 0 Å². The lowest BCUT2D eigenvalue weighted by Crippen LogP contribution is -2.29. The second kappa shape index (κ2) is 8.45. The first-order valence-electron chi connectivity index (χ1n) is 10.1. The van der Waals surface area contributed by atoms with Gasteiger partial charge in [0.15, 0.2) is 0 Å². The molecule has 8 heteroatoms. The summed E-state index contributed by atoms with van der Waals surface area (Å²) in [5.41, 5.74) is 1.64. The summed E-state index contributed by atoms with van der Waals surface area (Å²) in [5.74, 6) is -0.752. The van der Waals surface area contributed by atoms with Gasteiger partial charge in [-0.15, -0.1) is 0 Å². The van der Waals surface area contributed by atoms with Crippen molar-refractivity contribution in [1.29, 1.82) is 0 Å². The molecule has 0 radical (unpaired) electrons. The topological polar surface area (TPSA) is 62.3 Å². The van der Waals surface area contributed by atoms with E-state index in [9.17, 15) is 22.8 Å². The van der Waals surface area contributed by atoms with E-state index in [0.717, 1.165) is 23.0 Å². The number of fused-ring (bicyclic) bond motifs is 2. The van der Waals surface area contributed by atoms with Crippen LogP contribution in [0.4, 0.5) is 24.5 Å². The molecule has 0 unspecified atom stereocenters. The first-order chi connectivity index (χ1) is 15.2. The molecule has 0 aliphatic carbocycles. The molecular weight excluding hydrogens is 419 g/mol. The summed E-state index contributed by atoms with van der Waals surface area (Å²) in [6, 6.07) is 12.4. The number of hydrogen-bond donors (Lipinski definition) is 1. The molecule has 1 N–H and O–H groups in total. The van der Waals surface area contributed by atoms with Crippen molar-refractivity contribution in [3.63, 3.8) is 0 Å². The maximum absolute atomic E-state index is 13.3. The van der Waals surface area contributed by atoms with Crippen LogP contribution in [-0.2, 0) is 15.8 Å². The number of rotatable bonds is 2. The highest BCUT2D eigenvalue weighted by atomic mass is 19.4. The van der Waals surface area contributed by atoms with E-state index in [2.05, 4.69) is 10.3 Å². The van der Waals surface area contributed by atoms with Crippen molar-refractivity contribution in [2.24, 2.45) is 0 Å². The molecular formula is C24H20F3N3O2. The highest BCUT2D eigenvalue weighted by Crippen LogP contribution is 2.39. The van der Waals surface area contributed by atoms with E-state index >= 15 is 0 Å². The van der Waals surface area contributed by atoms with Gasteiger partial charge in [-0.1, -0.05) is 18.2 Å². The summed E-state index contributed by atoms with van der Waals surface area (Å²) >= 11 is 0. The summed E-state index contributed by atoms with van der Waals surface area (Å²) in [5, 5.41) is 3.72. The van der Waals surface area contributed by atoms with E-state index < -0.39 is 17.6 Å². The summed E-state index contributed by atoms with van der Waals surface area (Å²) in [6.45, 7) is 1.60. The number of halogens is 3. The molecule has 164 valence electrons. The predicted octanol–water partition coefficient (Wildman–Crippen LogP) is 5.42. The Bertz CT molecular complexity index is 1230. The zero-order chi connectivity index (χ0) is 22.9. The normalized spacial score (nSPS) is 15.4. The van der Waals surface area contributed by atoms with Crippen LogP contribution in [0.25, 0.3) is 16.5 Å². The molecule has 2 amide bonds. The Kier molecular flexibility index (Phi) is 5.69. The average Bonchev–Trinajstić information content (AvgIpc) is 2.92. The number of allylic oxidation sites excluding steroid dienone is 1. The van der Waals surface area contributed by atoms with Crippen molar-refractivity contribution in [2.75, 3.05) is 16.8 Å². The van der Waals surface area contributed by atoms with Crippen LogP contribution in [0.1, 0.15) is 30.9 Å². The number of carbonyl (C=O) groups is 2. The minimum absolute atomic E-state index is 0.166. The fourth-order valence-corrected chi connectivity index (χ4v) is 3.84. The molecule has 1 aromatic heterocycles. The van der Waals surface area contributed by atoms with Gasteiger partial charge in [0, 0.05) is 42.4 Å². The first-order valence-corrected chi connectivity index (χ1v) is 10.1. The molecule has 1 aliphatic rings. The minimum atomic E-state index is -4.53. The molecule has 0 bridgehead atoms. The average molecular weight is 439 g/mol. The molecule has 4 rings (SSSR count). The number of anilines is 2. The Morgan fingerprint density at radius 3 is 2.69 bits per heavy atom. The summed E-state index contributed by atoms with van der Waals surface area (Å²) < 4.78 is 39.8. The summed E-state index contributed by atoms with van der Waals surface area (Å²) in [6.07, 6.45) is -0.509. The van der Waals surface area contributed by atoms with Crippen LogP contribution in [0.3, 0.4) is 0 Å². The molecule has 0 saturated carbocycles. The zero-order valence-electron chi connectivity index (χ0n) is 17.2. The van der Waals surface area contributed by atoms with Crippen LogP contribution in [0, 0.1) is 0 Å². The molecule has 0 saturated heterocycles. The molecule has 3 aromatic rings. The predicted molar refractivity (Wildman–Crippen MR) is 117 cm³/mol. The molecule has 32 heavy (non-hydrogen) atoms. The quantitative estimate of drug-likeness (QED) is 0.542. The van der Waals surface area contributed by atoms with Crippen LogP contribution < -0.4 is 10.2 Å². The van der Waals surface area contributed by atoms with Crippen LogP contribution in [0.2, 0.25) is 0 Å². The SMILES string of the molecule is CC(=O)N1CCCC(=CC(=O)Nc2ccc3cccnc3c2)c2ccc(C(F)(F)F)cc21. The van der Waals surface area contributed by atoms with Gasteiger partial charge in [-0.25, -0.2) is 0 Å². The van der Waals surface area contributed by atoms with Crippen molar-refractivity contribution in [3.05, 3.63) is 71.9 Å². The van der Waals surface area contributed by atoms with Gasteiger partial charge in [-0.05, 0) is 48.7 Å². The largest absolute Gasteiger partial charge is 0.416 e. The highest BCUT2D eigenvalue weighted by Gasteiger charge is 2.33. The third-order valence-electron chi connectivity index (χ3n) is 5.35. The van der Waals surface area contributed by atoms with E-state index in [1.165, 1.54) is 24.0 Å². The van der Waals surface area contributed by atoms with Gasteiger partial charge < -0.3 is 10.2 Å². The molecule has 5 nitrogen and oxygen atoms in total. The van der Waals surface area contributed by atoms with E-state index in [4.69, 9.17) is 0 Å². The monoisotopic (exact) mass is 439 g/mol. The van der Waals surface area contributed by atoms with Gasteiger partial charge in [0.25, 0.3) is 0 Å². The number of alkyl halides is 3. The molecule has 0 spiro atoms. The maximum atomic E-state index is 13.3. The number of nitrogens with one attached hydrogen (secondary N) is 1. The van der Waals surface area contributed by atoms with Gasteiger partial charge in [0.05, 0.1) is 16.8 Å². The lowest BCUT2D eigenvalue weighted by atomic mass is 9.98. The lowest BCUT2D eigenvalue weighted by Gasteiger charge is -2.22. The summed E-state index contributed by atoms with van der Waals surface area (Å²) in [4.78, 5) is 30.4. The van der Waals surface area contributed by atoms with E-state index in [1.54, 1.807) is 18.3 Å². The van der Waals surface area contributed by atoms with E-state index in [-0.39, 0.29) is 18.1 Å². The van der Waals surface area contributed by atoms with Gasteiger partial charge in [-0.3, -0.25) is 14.6 Å². The van der Waals surface area contributed by atoms with Gasteiger partial charge in [0.2, 0.25) is 11.8 Å². The Labute approximate surface area is 182 Å². The number of benzene rings is 2. The third kappa shape index (κ3) is 4.49. The van der Waals surface area contributed by atoms with E-state index in [1.807, 2.05) is 18.2 Å². The number of nitrogens with zero attached hydrogens (tertiary/aromatic N) is 2. The smallest absolute Gasteiger partial charge is 0.322 e. The Hall–Kier alpha value is -3.68. The second-order valence-corrected chi connectivity index (χ2v) is 7.57. The van der Waals surface area contributed by atoms with Gasteiger partial charge >= 0.3 is 6.18 Å². The standard InChI is InChI=1S/C24H20F3N3O2/c1-15(31)30-11-3-5-17(20-9-7-18(13-22(20)30)24(25,26)27)12-23(32)29-19-8-6-16-4-2-10-28-21(16)14-19/h2,4,6-10,12-14H,3,5,11H2,1H3,(H,29,32). The van der Waals surface area contributed by atoms with Crippen molar-refractivity contribution in [1.82, 2.24) is 4.98 Å². The zero-order valence-corrected chi connectivity index (χ0v) is 17.2. The maximum Gasteiger partial charge on any atom is 0.416 e. The van der Waals surface area contributed by atoms with Crippen molar-refractivity contribution in [2.45, 2.75) is 25.9 Å². The van der Waals surface area contributed by atoms with Crippen LogP contribution in [0.15, 0.2) is 60.8 Å². The van der Waals surface area contributed by atoms with Crippen molar-refractivity contribution >= 4 is 39.7 Å². The van der Waals surface area contributed by atoms with Crippen LogP contribution in [-0.4, -0.2) is 23.3 Å². The van der Waals surface area contributed by atoms with Gasteiger partial charge in [-0.2, -0.15) is 13.2 Å². The molecule has 2 aromatic carbocycles. The Morgan fingerprint density at radius 1 is 1.12 bits per heavy atom. The second-order valence-electron chi connectivity index (χ2n) is 7.57. The minimum Gasteiger partial charge on any atom is -0.322 e. The number of carbonyl (C=O) groups excluding carboxylic acids is 2. The van der Waals surface area contributed by atoms with Crippen LogP contribution >= 0.6 is 0 Å². The molecule has 2 heterocycles. The van der Waals surface area contributed by atoms with Crippen molar-refractivity contribution in [3.8, 4) is 0 Å². The highest BCUT2D eigenvalue weighted by molar-refractivity contribution is 6.06. The lowest BCUT2D eigenvalue weighted by molar-refractivity contribution is -0.137. The fourth-order valence-electron chi connectivity index (χ4n) is 3.84. The number of pyridine rings is 1. The Morgan fingerprint density at radius 2 is 1.94 bits per heavy atom. The van der Waals surface area contributed by atoms with Crippen molar-refractivity contribution < 1.29 is 22.8 Å². The summed E-state index contributed by atoms with van der Waals surface area (Å²) in [7, 11) is 0. The van der Waals surface area contributed by atoms with Gasteiger partial charge in [0.1, 0.15) is 0 Å². The number of aromatic nitrogens is 1.